The number of benzene rings is 2. The largest absolute Gasteiger partial charge is 0.484 e. The van der Waals surface area contributed by atoms with E-state index in [2.05, 4.69) is 20.6 Å². The molecule has 0 aliphatic carbocycles. The number of aromatic nitrogens is 4. The minimum absolute atomic E-state index is 0.123. The van der Waals surface area contributed by atoms with E-state index in [0.717, 1.165) is 11.1 Å². The van der Waals surface area contributed by atoms with Crippen LogP contribution in [0.1, 0.15) is 11.1 Å². The molecule has 0 spiro atoms. The predicted molar refractivity (Wildman–Crippen MR) is 121 cm³/mol. The van der Waals surface area contributed by atoms with Gasteiger partial charge < -0.3 is 14.8 Å². The first-order valence-electron chi connectivity index (χ1n) is 10.2. The SMILES string of the molecule is Cc1cc(OCC(=O)NCCOc2ccc3nnc(-c4cccc(F)c4)n3n2)cc(C)c1Cl. The molecule has 8 nitrogen and oxygen atoms in total. The fraction of sp³-hybridized carbons (Fsp3) is 0.217. The van der Waals surface area contributed by atoms with Crippen LogP contribution in [0.5, 0.6) is 11.6 Å². The maximum atomic E-state index is 13.6. The molecule has 10 heteroatoms. The van der Waals surface area contributed by atoms with Crippen LogP contribution in [0.25, 0.3) is 17.0 Å². The summed E-state index contributed by atoms with van der Waals surface area (Å²) >= 11 is 6.14. The first-order chi connectivity index (χ1) is 15.9. The molecule has 4 aromatic rings. The molecule has 33 heavy (non-hydrogen) atoms. The Hall–Kier alpha value is -3.72. The van der Waals surface area contributed by atoms with Gasteiger partial charge in [0, 0.05) is 16.7 Å². The summed E-state index contributed by atoms with van der Waals surface area (Å²) < 4.78 is 26.2. The Kier molecular flexibility index (Phi) is 6.69. The van der Waals surface area contributed by atoms with Crippen LogP contribution in [0.3, 0.4) is 0 Å². The molecule has 0 saturated carbocycles. The molecule has 0 aliphatic rings. The van der Waals surface area contributed by atoms with Crippen molar-refractivity contribution in [3.05, 3.63) is 70.5 Å². The lowest BCUT2D eigenvalue weighted by atomic mass is 10.1. The van der Waals surface area contributed by atoms with Crippen LogP contribution in [0.4, 0.5) is 4.39 Å². The van der Waals surface area contributed by atoms with Gasteiger partial charge in [-0.05, 0) is 55.3 Å². The Balaban J connectivity index is 1.29. The van der Waals surface area contributed by atoms with E-state index in [1.807, 2.05) is 13.8 Å². The van der Waals surface area contributed by atoms with Crippen molar-refractivity contribution < 1.29 is 18.7 Å². The first-order valence-corrected chi connectivity index (χ1v) is 10.6. The maximum Gasteiger partial charge on any atom is 0.258 e. The summed E-state index contributed by atoms with van der Waals surface area (Å²) in [5, 5.41) is 15.9. The van der Waals surface area contributed by atoms with E-state index in [9.17, 15) is 9.18 Å². The van der Waals surface area contributed by atoms with Gasteiger partial charge in [-0.3, -0.25) is 4.79 Å². The molecular formula is C23H21ClFN5O3. The van der Waals surface area contributed by atoms with Gasteiger partial charge in [-0.2, -0.15) is 4.52 Å². The molecule has 0 fully saturated rings. The summed E-state index contributed by atoms with van der Waals surface area (Å²) in [5.74, 6) is 0.643. The van der Waals surface area contributed by atoms with Gasteiger partial charge >= 0.3 is 0 Å². The van der Waals surface area contributed by atoms with Gasteiger partial charge in [0.05, 0.1) is 6.54 Å². The van der Waals surface area contributed by atoms with Crippen molar-refractivity contribution in [1.82, 2.24) is 25.1 Å². The van der Waals surface area contributed by atoms with Gasteiger partial charge in [0.25, 0.3) is 5.91 Å². The van der Waals surface area contributed by atoms with Gasteiger partial charge in [0.1, 0.15) is 18.2 Å². The Morgan fingerprint density at radius 1 is 1.09 bits per heavy atom. The number of rotatable bonds is 8. The van der Waals surface area contributed by atoms with E-state index < -0.39 is 0 Å². The number of aryl methyl sites for hydroxylation is 2. The third-order valence-electron chi connectivity index (χ3n) is 4.78. The Morgan fingerprint density at radius 2 is 1.88 bits per heavy atom. The second-order valence-electron chi connectivity index (χ2n) is 7.33. The van der Waals surface area contributed by atoms with E-state index in [1.54, 1.807) is 36.4 Å². The van der Waals surface area contributed by atoms with Crippen molar-refractivity contribution in [3.63, 3.8) is 0 Å². The average Bonchev–Trinajstić information content (AvgIpc) is 3.22. The maximum absolute atomic E-state index is 13.6. The molecule has 0 bridgehead atoms. The van der Waals surface area contributed by atoms with Crippen molar-refractivity contribution in [2.75, 3.05) is 19.8 Å². The number of fused-ring (bicyclic) bond motifs is 1. The lowest BCUT2D eigenvalue weighted by molar-refractivity contribution is -0.123. The number of halogens is 2. The van der Waals surface area contributed by atoms with E-state index in [-0.39, 0.29) is 31.5 Å². The minimum Gasteiger partial charge on any atom is -0.484 e. The highest BCUT2D eigenvalue weighted by Gasteiger charge is 2.11. The van der Waals surface area contributed by atoms with Gasteiger partial charge in [0.2, 0.25) is 5.88 Å². The standard InChI is InChI=1S/C23H21ClFN5O3/c1-14-10-18(11-15(2)22(14)24)33-13-20(31)26-8-9-32-21-7-6-19-27-28-23(30(19)29-21)16-4-3-5-17(25)12-16/h3-7,10-12H,8-9,13H2,1-2H3,(H,26,31). The van der Waals surface area contributed by atoms with Crippen LogP contribution in [-0.2, 0) is 4.79 Å². The molecule has 2 heterocycles. The van der Waals surface area contributed by atoms with Crippen LogP contribution in [0.15, 0.2) is 48.5 Å². The lowest BCUT2D eigenvalue weighted by Crippen LogP contribution is -2.32. The second-order valence-corrected chi connectivity index (χ2v) is 7.71. The highest BCUT2D eigenvalue weighted by Crippen LogP contribution is 2.25. The van der Waals surface area contributed by atoms with E-state index in [0.29, 0.717) is 33.7 Å². The molecule has 4 rings (SSSR count). The molecule has 0 atom stereocenters. The zero-order valence-electron chi connectivity index (χ0n) is 18.0. The molecule has 170 valence electrons. The number of nitrogens with one attached hydrogen (secondary N) is 1. The number of nitrogens with zero attached hydrogens (tertiary/aromatic N) is 4. The zero-order chi connectivity index (χ0) is 23.4. The zero-order valence-corrected chi connectivity index (χ0v) is 18.8. The van der Waals surface area contributed by atoms with Gasteiger partial charge in [-0.15, -0.1) is 15.3 Å². The number of carbonyl (C=O) groups excluding carboxylic acids is 1. The molecule has 0 unspecified atom stereocenters. The third kappa shape index (κ3) is 5.38. The Morgan fingerprint density at radius 3 is 2.64 bits per heavy atom. The molecule has 2 aromatic carbocycles. The topological polar surface area (TPSA) is 90.6 Å². The summed E-state index contributed by atoms with van der Waals surface area (Å²) in [6.45, 7) is 4.10. The number of ether oxygens (including phenoxy) is 2. The van der Waals surface area contributed by atoms with Crippen molar-refractivity contribution in [3.8, 4) is 23.0 Å². The lowest BCUT2D eigenvalue weighted by Gasteiger charge is -2.11. The highest BCUT2D eigenvalue weighted by atomic mass is 35.5. The molecule has 1 amide bonds. The van der Waals surface area contributed by atoms with Crippen LogP contribution in [-0.4, -0.2) is 45.5 Å². The molecule has 2 aromatic heterocycles. The molecular weight excluding hydrogens is 449 g/mol. The molecule has 0 aliphatic heterocycles. The fourth-order valence-electron chi connectivity index (χ4n) is 3.19. The van der Waals surface area contributed by atoms with Gasteiger partial charge in [-0.25, -0.2) is 4.39 Å². The quantitative estimate of drug-likeness (QED) is 0.395. The number of carbonyl (C=O) groups is 1. The third-order valence-corrected chi connectivity index (χ3v) is 5.37. The first kappa shape index (κ1) is 22.5. The average molecular weight is 470 g/mol. The monoisotopic (exact) mass is 469 g/mol. The highest BCUT2D eigenvalue weighted by molar-refractivity contribution is 6.32. The number of hydrogen-bond donors (Lipinski definition) is 1. The van der Waals surface area contributed by atoms with Crippen molar-refractivity contribution in [2.45, 2.75) is 13.8 Å². The summed E-state index contributed by atoms with van der Waals surface area (Å²) in [4.78, 5) is 12.0. The molecule has 0 saturated heterocycles. The van der Waals surface area contributed by atoms with Crippen LogP contribution >= 0.6 is 11.6 Å². The van der Waals surface area contributed by atoms with Crippen molar-refractivity contribution in [2.24, 2.45) is 0 Å². The van der Waals surface area contributed by atoms with Crippen LogP contribution in [0.2, 0.25) is 5.02 Å². The summed E-state index contributed by atoms with van der Waals surface area (Å²) in [7, 11) is 0. The minimum atomic E-state index is -0.377. The van der Waals surface area contributed by atoms with E-state index >= 15 is 0 Å². The Bertz CT molecular complexity index is 1290. The van der Waals surface area contributed by atoms with Crippen LogP contribution < -0.4 is 14.8 Å². The van der Waals surface area contributed by atoms with Gasteiger partial charge in [0.15, 0.2) is 18.1 Å². The smallest absolute Gasteiger partial charge is 0.258 e. The van der Waals surface area contributed by atoms with Gasteiger partial charge in [-0.1, -0.05) is 23.7 Å². The number of amides is 1. The van der Waals surface area contributed by atoms with Crippen molar-refractivity contribution in [1.29, 1.82) is 0 Å². The predicted octanol–water partition coefficient (Wildman–Crippen LogP) is 3.77. The summed E-state index contributed by atoms with van der Waals surface area (Å²) in [6.07, 6.45) is 0. The number of hydrogen-bond acceptors (Lipinski definition) is 6. The van der Waals surface area contributed by atoms with E-state index in [4.69, 9.17) is 21.1 Å². The fourth-order valence-corrected chi connectivity index (χ4v) is 3.30. The Labute approximate surface area is 194 Å². The van der Waals surface area contributed by atoms with Crippen molar-refractivity contribution >= 4 is 23.2 Å². The second kappa shape index (κ2) is 9.83. The summed E-state index contributed by atoms with van der Waals surface area (Å²) in [5.41, 5.74) is 2.82. The summed E-state index contributed by atoms with van der Waals surface area (Å²) in [6, 6.07) is 12.9. The van der Waals surface area contributed by atoms with E-state index in [1.165, 1.54) is 16.6 Å². The molecule has 1 N–H and O–H groups in total. The normalized spacial score (nSPS) is 10.9. The molecule has 0 radical (unpaired) electrons. The van der Waals surface area contributed by atoms with Crippen LogP contribution in [0, 0.1) is 19.7 Å².